The molecule has 0 atom stereocenters. The number of hydrogen-bond acceptors (Lipinski definition) is 2. The minimum atomic E-state index is -0.839. The van der Waals surface area contributed by atoms with Crippen LogP contribution in [-0.2, 0) is 17.9 Å². The number of rotatable bonds is 4. The Kier molecular flexibility index (Phi) is 3.13. The van der Waals surface area contributed by atoms with Gasteiger partial charge in [0.2, 0.25) is 0 Å². The SMILES string of the molecule is CC(C)(Cn1cc(CO)c2ccccc21)C(=O)O. The van der Waals surface area contributed by atoms with E-state index in [0.29, 0.717) is 6.54 Å². The molecular formula is C14H17NO3. The summed E-state index contributed by atoms with van der Waals surface area (Å²) in [5.74, 6) is -0.828. The fourth-order valence-corrected chi connectivity index (χ4v) is 2.07. The molecule has 0 bridgehead atoms. The Morgan fingerprint density at radius 2 is 2.00 bits per heavy atom. The second-order valence-electron chi connectivity index (χ2n) is 5.15. The van der Waals surface area contributed by atoms with Crippen LogP contribution >= 0.6 is 0 Å². The molecule has 1 heterocycles. The lowest BCUT2D eigenvalue weighted by Crippen LogP contribution is -2.28. The zero-order chi connectivity index (χ0) is 13.3. The average molecular weight is 247 g/mol. The summed E-state index contributed by atoms with van der Waals surface area (Å²) in [6.07, 6.45) is 1.83. The third-order valence-corrected chi connectivity index (χ3v) is 3.19. The number of aliphatic carboxylic acids is 1. The van der Waals surface area contributed by atoms with Crippen LogP contribution in [0.5, 0.6) is 0 Å². The van der Waals surface area contributed by atoms with Crippen molar-refractivity contribution in [2.45, 2.75) is 27.0 Å². The Balaban J connectivity index is 2.49. The molecule has 2 rings (SSSR count). The van der Waals surface area contributed by atoms with Crippen molar-refractivity contribution in [1.29, 1.82) is 0 Å². The Morgan fingerprint density at radius 1 is 1.33 bits per heavy atom. The second-order valence-corrected chi connectivity index (χ2v) is 5.15. The van der Waals surface area contributed by atoms with E-state index in [1.807, 2.05) is 35.0 Å². The maximum Gasteiger partial charge on any atom is 0.310 e. The summed E-state index contributed by atoms with van der Waals surface area (Å²) >= 11 is 0. The fraction of sp³-hybridized carbons (Fsp3) is 0.357. The van der Waals surface area contributed by atoms with Gasteiger partial charge in [0.1, 0.15) is 0 Å². The molecule has 18 heavy (non-hydrogen) atoms. The molecular weight excluding hydrogens is 230 g/mol. The van der Waals surface area contributed by atoms with E-state index in [0.717, 1.165) is 16.5 Å². The number of fused-ring (bicyclic) bond motifs is 1. The third kappa shape index (κ3) is 2.11. The van der Waals surface area contributed by atoms with Crippen LogP contribution in [-0.4, -0.2) is 20.7 Å². The molecule has 4 nitrogen and oxygen atoms in total. The van der Waals surface area contributed by atoms with Gasteiger partial charge in [-0.05, 0) is 19.9 Å². The van der Waals surface area contributed by atoms with Crippen LogP contribution in [0.4, 0.5) is 0 Å². The molecule has 0 spiro atoms. The smallest absolute Gasteiger partial charge is 0.310 e. The highest BCUT2D eigenvalue weighted by atomic mass is 16.4. The van der Waals surface area contributed by atoms with E-state index in [4.69, 9.17) is 0 Å². The van der Waals surface area contributed by atoms with Crippen molar-refractivity contribution in [1.82, 2.24) is 4.57 Å². The van der Waals surface area contributed by atoms with Crippen molar-refractivity contribution in [2.75, 3.05) is 0 Å². The van der Waals surface area contributed by atoms with Gasteiger partial charge in [-0.3, -0.25) is 4.79 Å². The van der Waals surface area contributed by atoms with Gasteiger partial charge in [0.15, 0.2) is 0 Å². The summed E-state index contributed by atoms with van der Waals surface area (Å²) in [6, 6.07) is 7.69. The molecule has 0 aliphatic carbocycles. The Bertz CT molecular complexity index is 584. The molecule has 0 fully saturated rings. The van der Waals surface area contributed by atoms with E-state index in [1.54, 1.807) is 13.8 Å². The number of carbonyl (C=O) groups is 1. The van der Waals surface area contributed by atoms with Crippen molar-refractivity contribution in [3.05, 3.63) is 36.0 Å². The highest BCUT2D eigenvalue weighted by Gasteiger charge is 2.28. The first-order valence-corrected chi connectivity index (χ1v) is 5.87. The molecule has 0 aliphatic heterocycles. The lowest BCUT2D eigenvalue weighted by atomic mass is 9.94. The molecule has 2 aromatic rings. The minimum Gasteiger partial charge on any atom is -0.481 e. The number of nitrogens with zero attached hydrogens (tertiary/aromatic N) is 1. The summed E-state index contributed by atoms with van der Waals surface area (Å²) in [5, 5.41) is 19.5. The van der Waals surface area contributed by atoms with Gasteiger partial charge in [-0.1, -0.05) is 18.2 Å². The van der Waals surface area contributed by atoms with Crippen LogP contribution in [0.1, 0.15) is 19.4 Å². The molecule has 0 unspecified atom stereocenters. The number of para-hydroxylation sites is 1. The monoisotopic (exact) mass is 247 g/mol. The zero-order valence-electron chi connectivity index (χ0n) is 10.6. The van der Waals surface area contributed by atoms with Crippen LogP contribution in [0.25, 0.3) is 10.9 Å². The van der Waals surface area contributed by atoms with E-state index in [9.17, 15) is 15.0 Å². The first-order chi connectivity index (χ1) is 8.45. The van der Waals surface area contributed by atoms with E-state index in [-0.39, 0.29) is 6.61 Å². The van der Waals surface area contributed by atoms with E-state index in [1.165, 1.54) is 0 Å². The van der Waals surface area contributed by atoms with Gasteiger partial charge in [0.05, 0.1) is 12.0 Å². The van der Waals surface area contributed by atoms with Crippen molar-refractivity contribution in [2.24, 2.45) is 5.41 Å². The van der Waals surface area contributed by atoms with Gasteiger partial charge >= 0.3 is 5.97 Å². The zero-order valence-corrected chi connectivity index (χ0v) is 10.6. The standard InChI is InChI=1S/C14H17NO3/c1-14(2,13(17)18)9-15-7-10(8-16)11-5-3-4-6-12(11)15/h3-7,16H,8-9H2,1-2H3,(H,17,18). The molecule has 0 saturated carbocycles. The molecule has 0 radical (unpaired) electrons. The van der Waals surface area contributed by atoms with Crippen molar-refractivity contribution >= 4 is 16.9 Å². The third-order valence-electron chi connectivity index (χ3n) is 3.19. The van der Waals surface area contributed by atoms with Crippen LogP contribution < -0.4 is 0 Å². The highest BCUT2D eigenvalue weighted by Crippen LogP contribution is 2.26. The number of benzene rings is 1. The van der Waals surface area contributed by atoms with Gasteiger partial charge in [-0.25, -0.2) is 0 Å². The Labute approximate surface area is 105 Å². The first-order valence-electron chi connectivity index (χ1n) is 5.87. The van der Waals surface area contributed by atoms with Gasteiger partial charge in [0.25, 0.3) is 0 Å². The van der Waals surface area contributed by atoms with Gasteiger partial charge in [-0.2, -0.15) is 0 Å². The number of carboxylic acid groups (broad SMARTS) is 1. The van der Waals surface area contributed by atoms with Crippen LogP contribution in [0.3, 0.4) is 0 Å². The van der Waals surface area contributed by atoms with E-state index < -0.39 is 11.4 Å². The summed E-state index contributed by atoms with van der Waals surface area (Å²) in [7, 11) is 0. The summed E-state index contributed by atoms with van der Waals surface area (Å²) in [5.41, 5.74) is 0.941. The van der Waals surface area contributed by atoms with E-state index >= 15 is 0 Å². The van der Waals surface area contributed by atoms with Crippen molar-refractivity contribution in [3.63, 3.8) is 0 Å². The Morgan fingerprint density at radius 3 is 2.61 bits per heavy atom. The van der Waals surface area contributed by atoms with Crippen molar-refractivity contribution < 1.29 is 15.0 Å². The van der Waals surface area contributed by atoms with Crippen molar-refractivity contribution in [3.8, 4) is 0 Å². The minimum absolute atomic E-state index is 0.0407. The number of hydrogen-bond donors (Lipinski definition) is 2. The quantitative estimate of drug-likeness (QED) is 0.871. The first kappa shape index (κ1) is 12.6. The fourth-order valence-electron chi connectivity index (χ4n) is 2.07. The summed E-state index contributed by atoms with van der Waals surface area (Å²) in [6.45, 7) is 3.73. The normalized spacial score (nSPS) is 11.9. The lowest BCUT2D eigenvalue weighted by Gasteiger charge is -2.20. The molecule has 0 saturated heterocycles. The molecule has 96 valence electrons. The molecule has 0 aliphatic rings. The van der Waals surface area contributed by atoms with Crippen LogP contribution in [0.2, 0.25) is 0 Å². The van der Waals surface area contributed by atoms with Gasteiger partial charge in [0, 0.05) is 29.2 Å². The Hall–Kier alpha value is -1.81. The van der Waals surface area contributed by atoms with Gasteiger partial charge in [-0.15, -0.1) is 0 Å². The predicted molar refractivity (Wildman–Crippen MR) is 69.3 cm³/mol. The molecule has 4 heteroatoms. The largest absolute Gasteiger partial charge is 0.481 e. The predicted octanol–water partition coefficient (Wildman–Crippen LogP) is 2.24. The maximum absolute atomic E-state index is 11.2. The maximum atomic E-state index is 11.2. The molecule has 1 aromatic carbocycles. The number of carboxylic acids is 1. The molecule has 1 aromatic heterocycles. The lowest BCUT2D eigenvalue weighted by molar-refractivity contribution is -0.147. The van der Waals surface area contributed by atoms with E-state index in [2.05, 4.69) is 0 Å². The number of aliphatic hydroxyl groups is 1. The highest BCUT2D eigenvalue weighted by molar-refractivity contribution is 5.84. The van der Waals surface area contributed by atoms with Crippen LogP contribution in [0.15, 0.2) is 30.5 Å². The molecule has 0 amide bonds. The second kappa shape index (κ2) is 4.46. The van der Waals surface area contributed by atoms with Gasteiger partial charge < -0.3 is 14.8 Å². The topological polar surface area (TPSA) is 62.5 Å². The number of aromatic nitrogens is 1. The average Bonchev–Trinajstić information content (AvgIpc) is 2.67. The van der Waals surface area contributed by atoms with Crippen LogP contribution in [0, 0.1) is 5.41 Å². The number of aliphatic hydroxyl groups excluding tert-OH is 1. The summed E-state index contributed by atoms with van der Waals surface area (Å²) < 4.78 is 1.90. The summed E-state index contributed by atoms with van der Waals surface area (Å²) in [4.78, 5) is 11.2. The molecule has 2 N–H and O–H groups in total.